The lowest BCUT2D eigenvalue weighted by Crippen LogP contribution is -3.13. The molecule has 0 bridgehead atoms. The summed E-state index contributed by atoms with van der Waals surface area (Å²) in [6, 6.07) is 10.4. The van der Waals surface area contributed by atoms with E-state index in [1.165, 1.54) is 16.5 Å². The Labute approximate surface area is 177 Å². The number of benzene rings is 2. The average Bonchev–Trinajstić information content (AvgIpc) is 2.72. The van der Waals surface area contributed by atoms with Gasteiger partial charge in [-0.1, -0.05) is 12.1 Å². The number of carbonyl (C=O) groups is 1. The van der Waals surface area contributed by atoms with E-state index in [0.717, 1.165) is 24.1 Å². The number of carbonyl (C=O) groups excluding carboxylic acids is 1. The van der Waals surface area contributed by atoms with Gasteiger partial charge in [0.1, 0.15) is 18.4 Å². The van der Waals surface area contributed by atoms with E-state index < -0.39 is 0 Å². The van der Waals surface area contributed by atoms with Crippen molar-refractivity contribution in [1.82, 2.24) is 10.6 Å². The Morgan fingerprint density at radius 1 is 1.23 bits per heavy atom. The van der Waals surface area contributed by atoms with Crippen LogP contribution in [0, 0.1) is 5.82 Å². The Kier molecular flexibility index (Phi) is 7.15. The Bertz CT molecular complexity index is 890. The number of nitrogens with one attached hydrogen (secondary N) is 3. The Balaban J connectivity index is 1.97. The third-order valence-electron chi connectivity index (χ3n) is 5.65. The van der Waals surface area contributed by atoms with Gasteiger partial charge in [0, 0.05) is 24.1 Å². The molecule has 0 radical (unpaired) electrons. The molecule has 0 aliphatic carbocycles. The molecule has 162 valence electrons. The van der Waals surface area contributed by atoms with Crippen molar-refractivity contribution in [2.24, 2.45) is 0 Å². The molecule has 3 rings (SSSR count). The van der Waals surface area contributed by atoms with Gasteiger partial charge in [-0.05, 0) is 43.7 Å². The summed E-state index contributed by atoms with van der Waals surface area (Å²) in [6.07, 6.45) is 0.866. The molecule has 2 amide bonds. The summed E-state index contributed by atoms with van der Waals surface area (Å²) in [6.45, 7) is 5.99. The Hall–Kier alpha value is -2.80. The van der Waals surface area contributed by atoms with Crippen LogP contribution in [0.4, 0.5) is 9.18 Å². The van der Waals surface area contributed by atoms with Crippen molar-refractivity contribution in [3.05, 3.63) is 58.9 Å². The van der Waals surface area contributed by atoms with Crippen LogP contribution in [0.3, 0.4) is 0 Å². The average molecular weight is 417 g/mol. The third-order valence-corrected chi connectivity index (χ3v) is 5.65. The van der Waals surface area contributed by atoms with Gasteiger partial charge < -0.3 is 25.0 Å². The van der Waals surface area contributed by atoms with Crippen LogP contribution in [0.25, 0.3) is 0 Å². The summed E-state index contributed by atoms with van der Waals surface area (Å²) < 4.78 is 24.8. The van der Waals surface area contributed by atoms with Crippen LogP contribution < -0.4 is 25.0 Å². The molecule has 0 saturated carbocycles. The van der Waals surface area contributed by atoms with Gasteiger partial charge in [0.25, 0.3) is 0 Å². The van der Waals surface area contributed by atoms with Gasteiger partial charge in [0.05, 0.1) is 26.8 Å². The number of fused-ring (bicyclic) bond motifs is 1. The van der Waals surface area contributed by atoms with Crippen LogP contribution in [0.1, 0.15) is 36.6 Å². The van der Waals surface area contributed by atoms with E-state index in [1.807, 2.05) is 32.0 Å². The summed E-state index contributed by atoms with van der Waals surface area (Å²) in [5.41, 5.74) is 3.24. The number of halogens is 1. The van der Waals surface area contributed by atoms with E-state index in [9.17, 15) is 9.18 Å². The van der Waals surface area contributed by atoms with Crippen LogP contribution in [0.15, 0.2) is 36.4 Å². The van der Waals surface area contributed by atoms with Crippen molar-refractivity contribution in [2.45, 2.75) is 38.9 Å². The number of amides is 2. The molecular formula is C23H31FN3O3+. The molecule has 0 spiro atoms. The van der Waals surface area contributed by atoms with Crippen LogP contribution in [-0.2, 0) is 13.0 Å². The van der Waals surface area contributed by atoms with Gasteiger partial charge in [-0.3, -0.25) is 0 Å². The fourth-order valence-electron chi connectivity index (χ4n) is 4.35. The zero-order chi connectivity index (χ0) is 21.7. The summed E-state index contributed by atoms with van der Waals surface area (Å²) in [4.78, 5) is 13.5. The van der Waals surface area contributed by atoms with Crippen molar-refractivity contribution in [2.75, 3.05) is 27.3 Å². The van der Waals surface area contributed by atoms with E-state index in [1.54, 1.807) is 26.4 Å². The smallest absolute Gasteiger partial charge is 0.315 e. The molecule has 1 heterocycles. The van der Waals surface area contributed by atoms with Crippen LogP contribution in [0.5, 0.6) is 11.5 Å². The lowest BCUT2D eigenvalue weighted by Gasteiger charge is -2.38. The van der Waals surface area contributed by atoms with Crippen LogP contribution in [-0.4, -0.2) is 39.4 Å². The first-order valence-electron chi connectivity index (χ1n) is 10.3. The number of methoxy groups -OCH3 is 2. The maximum Gasteiger partial charge on any atom is 0.315 e. The fraction of sp³-hybridized carbons (Fsp3) is 0.435. The van der Waals surface area contributed by atoms with Gasteiger partial charge in [-0.2, -0.15) is 0 Å². The Morgan fingerprint density at radius 3 is 2.63 bits per heavy atom. The van der Waals surface area contributed by atoms with Crippen molar-refractivity contribution < 1.29 is 23.6 Å². The number of quaternary nitrogens is 1. The molecule has 1 aliphatic heterocycles. The van der Waals surface area contributed by atoms with Gasteiger partial charge in [0.15, 0.2) is 11.5 Å². The molecule has 7 heteroatoms. The molecule has 1 unspecified atom stereocenters. The molecule has 0 fully saturated rings. The first-order valence-corrected chi connectivity index (χ1v) is 10.3. The van der Waals surface area contributed by atoms with E-state index in [-0.39, 0.29) is 23.9 Å². The summed E-state index contributed by atoms with van der Waals surface area (Å²) >= 11 is 0. The number of hydrogen-bond donors (Lipinski definition) is 3. The molecule has 6 nitrogen and oxygen atoms in total. The molecule has 3 N–H and O–H groups in total. The summed E-state index contributed by atoms with van der Waals surface area (Å²) in [7, 11) is 3.25. The number of hydrogen-bond acceptors (Lipinski definition) is 3. The predicted octanol–water partition coefficient (Wildman–Crippen LogP) is 2.23. The molecule has 1 aliphatic rings. The second-order valence-corrected chi connectivity index (χ2v) is 7.64. The van der Waals surface area contributed by atoms with Gasteiger partial charge in [0.2, 0.25) is 0 Å². The number of urea groups is 1. The minimum atomic E-state index is -0.235. The lowest BCUT2D eigenvalue weighted by molar-refractivity contribution is -0.948. The van der Waals surface area contributed by atoms with E-state index in [0.29, 0.717) is 24.6 Å². The first kappa shape index (κ1) is 21.9. The maximum absolute atomic E-state index is 13.8. The number of rotatable bonds is 7. The minimum absolute atomic E-state index is 0.0144. The second-order valence-electron chi connectivity index (χ2n) is 7.64. The normalized spacial score (nSPS) is 18.8. The molecule has 3 atom stereocenters. The third kappa shape index (κ3) is 4.84. The minimum Gasteiger partial charge on any atom is -0.493 e. The van der Waals surface area contributed by atoms with E-state index >= 15 is 0 Å². The largest absolute Gasteiger partial charge is 0.493 e. The quantitative estimate of drug-likeness (QED) is 0.649. The lowest BCUT2D eigenvalue weighted by atomic mass is 9.87. The van der Waals surface area contributed by atoms with E-state index in [2.05, 4.69) is 10.6 Å². The topological polar surface area (TPSA) is 64.0 Å². The monoisotopic (exact) mass is 416 g/mol. The molecule has 2 aromatic carbocycles. The second kappa shape index (κ2) is 9.80. The zero-order valence-electron chi connectivity index (χ0n) is 18.0. The summed E-state index contributed by atoms with van der Waals surface area (Å²) in [5, 5.41) is 5.87. The molecule has 2 aromatic rings. The molecule has 30 heavy (non-hydrogen) atoms. The maximum atomic E-state index is 13.8. The first-order chi connectivity index (χ1) is 14.5. The van der Waals surface area contributed by atoms with Gasteiger partial charge >= 0.3 is 6.03 Å². The van der Waals surface area contributed by atoms with Crippen LogP contribution in [0.2, 0.25) is 0 Å². The van der Waals surface area contributed by atoms with Gasteiger partial charge in [-0.15, -0.1) is 0 Å². The highest BCUT2D eigenvalue weighted by molar-refractivity contribution is 5.74. The zero-order valence-corrected chi connectivity index (χ0v) is 18.0. The standard InChI is InChI=1S/C23H30FN3O3/c1-5-25-23(28)26-15(2)22-19-13-21(30-4)20(29-3)12-17(19)9-10-27(22)14-16-7-6-8-18(24)11-16/h6-8,11-13,15,22H,5,9-10,14H2,1-4H3,(H2,25,26,28)/p+1/t15-,22+/m1/s1. The summed E-state index contributed by atoms with van der Waals surface area (Å²) in [5.74, 6) is 1.13. The Morgan fingerprint density at radius 2 is 1.97 bits per heavy atom. The van der Waals surface area contributed by atoms with Crippen molar-refractivity contribution >= 4 is 6.03 Å². The van der Waals surface area contributed by atoms with E-state index in [4.69, 9.17) is 9.47 Å². The fourth-order valence-corrected chi connectivity index (χ4v) is 4.35. The molecule has 0 saturated heterocycles. The van der Waals surface area contributed by atoms with Gasteiger partial charge in [-0.25, -0.2) is 9.18 Å². The van der Waals surface area contributed by atoms with Crippen molar-refractivity contribution in [3.63, 3.8) is 0 Å². The molecular weight excluding hydrogens is 385 g/mol. The molecule has 0 aromatic heterocycles. The number of ether oxygens (including phenoxy) is 2. The van der Waals surface area contributed by atoms with Crippen LogP contribution >= 0.6 is 0 Å². The highest BCUT2D eigenvalue weighted by Crippen LogP contribution is 2.35. The predicted molar refractivity (Wildman–Crippen MR) is 114 cm³/mol. The van der Waals surface area contributed by atoms with Crippen molar-refractivity contribution in [3.8, 4) is 11.5 Å². The highest BCUT2D eigenvalue weighted by atomic mass is 19.1. The SMILES string of the molecule is CCNC(=O)N[C@H](C)[C@H]1c2cc(OC)c(OC)cc2CC[NH+]1Cc1cccc(F)c1. The van der Waals surface area contributed by atoms with Crippen molar-refractivity contribution in [1.29, 1.82) is 0 Å². The highest BCUT2D eigenvalue weighted by Gasteiger charge is 2.37.